The molecule has 3 aromatic rings. The Kier molecular flexibility index (Phi) is 4.49. The average molecular weight is 383 g/mol. The summed E-state index contributed by atoms with van der Waals surface area (Å²) in [4.78, 5) is 31.5. The third kappa shape index (κ3) is 2.89. The number of aromatic nitrogens is 4. The lowest BCUT2D eigenvalue weighted by Crippen LogP contribution is -2.37. The largest absolute Gasteiger partial charge is 0.494 e. The minimum absolute atomic E-state index is 0.315. The molecule has 28 heavy (non-hydrogen) atoms. The second-order valence-corrected chi connectivity index (χ2v) is 7.62. The first kappa shape index (κ1) is 18.3. The molecule has 4 rings (SSSR count). The number of nitrogens with zero attached hydrogens (tertiary/aromatic N) is 5. The van der Waals surface area contributed by atoms with Crippen molar-refractivity contribution in [2.45, 2.75) is 26.8 Å². The van der Waals surface area contributed by atoms with Crippen molar-refractivity contribution < 1.29 is 4.74 Å². The lowest BCUT2D eigenvalue weighted by molar-refractivity contribution is 0.289. The van der Waals surface area contributed by atoms with Gasteiger partial charge in [-0.05, 0) is 24.5 Å². The average Bonchev–Trinajstić information content (AvgIpc) is 3.24. The Bertz CT molecular complexity index is 1160. The summed E-state index contributed by atoms with van der Waals surface area (Å²) in [6.07, 6.45) is 1.00. The number of benzene rings is 1. The SMILES string of the molecule is CC(C)CCOc1cccc(N2CCn3c2nc2c3c(=O)n(C)c(=O)n2C)c1. The first-order valence-electron chi connectivity index (χ1n) is 9.55. The molecule has 2 aromatic heterocycles. The molecule has 1 aliphatic rings. The smallest absolute Gasteiger partial charge is 0.332 e. The Balaban J connectivity index is 1.73. The molecule has 8 heteroatoms. The molecule has 1 aliphatic heterocycles. The van der Waals surface area contributed by atoms with Gasteiger partial charge in [-0.15, -0.1) is 0 Å². The van der Waals surface area contributed by atoms with Crippen LogP contribution in [-0.4, -0.2) is 31.8 Å². The number of ether oxygens (including phenoxy) is 1. The first-order valence-corrected chi connectivity index (χ1v) is 9.55. The molecule has 0 aliphatic carbocycles. The molecule has 148 valence electrons. The Morgan fingerprint density at radius 2 is 1.93 bits per heavy atom. The number of rotatable bonds is 5. The molecule has 0 unspecified atom stereocenters. The maximum atomic E-state index is 12.6. The van der Waals surface area contributed by atoms with Crippen LogP contribution in [0.4, 0.5) is 11.6 Å². The van der Waals surface area contributed by atoms with E-state index in [0.717, 1.165) is 22.4 Å². The highest BCUT2D eigenvalue weighted by Gasteiger charge is 2.28. The quantitative estimate of drug-likeness (QED) is 0.674. The maximum absolute atomic E-state index is 12.6. The van der Waals surface area contributed by atoms with Gasteiger partial charge in [0.05, 0.1) is 6.61 Å². The Morgan fingerprint density at radius 1 is 1.14 bits per heavy atom. The fourth-order valence-corrected chi connectivity index (χ4v) is 3.55. The number of fused-ring (bicyclic) bond motifs is 3. The van der Waals surface area contributed by atoms with Crippen LogP contribution in [0.2, 0.25) is 0 Å². The van der Waals surface area contributed by atoms with Crippen LogP contribution < -0.4 is 20.9 Å². The molecule has 0 spiro atoms. The van der Waals surface area contributed by atoms with Gasteiger partial charge >= 0.3 is 5.69 Å². The molecule has 0 atom stereocenters. The zero-order valence-corrected chi connectivity index (χ0v) is 16.7. The predicted molar refractivity (Wildman–Crippen MR) is 109 cm³/mol. The fraction of sp³-hybridized carbons (Fsp3) is 0.450. The number of hydrogen-bond donors (Lipinski definition) is 0. The van der Waals surface area contributed by atoms with Gasteiger partial charge in [0.15, 0.2) is 11.2 Å². The summed E-state index contributed by atoms with van der Waals surface area (Å²) in [6.45, 7) is 6.37. The van der Waals surface area contributed by atoms with E-state index in [9.17, 15) is 9.59 Å². The number of hydrogen-bond acceptors (Lipinski definition) is 5. The predicted octanol–water partition coefficient (Wildman–Crippen LogP) is 2.01. The molecule has 0 N–H and O–H groups in total. The van der Waals surface area contributed by atoms with Crippen LogP contribution in [0.3, 0.4) is 0 Å². The lowest BCUT2D eigenvalue weighted by Gasteiger charge is -2.17. The van der Waals surface area contributed by atoms with Crippen molar-refractivity contribution in [3.8, 4) is 5.75 Å². The van der Waals surface area contributed by atoms with E-state index >= 15 is 0 Å². The Labute approximate surface area is 162 Å². The van der Waals surface area contributed by atoms with Crippen molar-refractivity contribution in [1.29, 1.82) is 0 Å². The summed E-state index contributed by atoms with van der Waals surface area (Å²) in [5.74, 6) is 2.08. The molecule has 0 amide bonds. The molecule has 3 heterocycles. The van der Waals surface area contributed by atoms with Crippen LogP contribution in [-0.2, 0) is 20.6 Å². The summed E-state index contributed by atoms with van der Waals surface area (Å²) < 4.78 is 10.3. The van der Waals surface area contributed by atoms with Crippen molar-refractivity contribution in [2.75, 3.05) is 18.1 Å². The van der Waals surface area contributed by atoms with E-state index in [4.69, 9.17) is 4.74 Å². The number of anilines is 2. The van der Waals surface area contributed by atoms with E-state index in [2.05, 4.69) is 23.7 Å². The van der Waals surface area contributed by atoms with E-state index in [1.165, 1.54) is 11.6 Å². The van der Waals surface area contributed by atoms with Crippen LogP contribution in [0.1, 0.15) is 20.3 Å². The van der Waals surface area contributed by atoms with Crippen molar-refractivity contribution in [2.24, 2.45) is 20.0 Å². The first-order chi connectivity index (χ1) is 13.4. The highest BCUT2D eigenvalue weighted by atomic mass is 16.5. The van der Waals surface area contributed by atoms with Crippen molar-refractivity contribution in [1.82, 2.24) is 18.7 Å². The van der Waals surface area contributed by atoms with Crippen LogP contribution in [0.5, 0.6) is 5.75 Å². The van der Waals surface area contributed by atoms with Gasteiger partial charge in [0.2, 0.25) is 5.95 Å². The molecule has 0 radical (unpaired) electrons. The van der Waals surface area contributed by atoms with Gasteiger partial charge in [0.25, 0.3) is 5.56 Å². The van der Waals surface area contributed by atoms with Gasteiger partial charge in [0, 0.05) is 38.9 Å². The number of imidazole rings is 1. The summed E-state index contributed by atoms with van der Waals surface area (Å²) in [5.41, 5.74) is 1.15. The molecule has 1 aromatic carbocycles. The molecule has 0 saturated heterocycles. The zero-order valence-electron chi connectivity index (χ0n) is 16.7. The summed E-state index contributed by atoms with van der Waals surface area (Å²) >= 11 is 0. The van der Waals surface area contributed by atoms with Crippen LogP contribution in [0, 0.1) is 5.92 Å². The van der Waals surface area contributed by atoms with Crippen LogP contribution >= 0.6 is 0 Å². The fourth-order valence-electron chi connectivity index (χ4n) is 3.55. The molecule has 0 saturated carbocycles. The molecular formula is C20H25N5O3. The van der Waals surface area contributed by atoms with Crippen molar-refractivity contribution >= 4 is 22.8 Å². The second kappa shape index (κ2) is 6.85. The normalized spacial score (nSPS) is 13.5. The highest BCUT2D eigenvalue weighted by Crippen LogP contribution is 2.33. The lowest BCUT2D eigenvalue weighted by atomic mass is 10.1. The van der Waals surface area contributed by atoms with Crippen molar-refractivity contribution in [3.63, 3.8) is 0 Å². The molecule has 0 bridgehead atoms. The molecule has 0 fully saturated rings. The summed E-state index contributed by atoms with van der Waals surface area (Å²) in [7, 11) is 3.13. The molecule has 8 nitrogen and oxygen atoms in total. The van der Waals surface area contributed by atoms with Crippen LogP contribution in [0.25, 0.3) is 11.2 Å². The third-order valence-corrected chi connectivity index (χ3v) is 5.21. The van der Waals surface area contributed by atoms with Gasteiger partial charge in [-0.1, -0.05) is 19.9 Å². The second-order valence-electron chi connectivity index (χ2n) is 7.62. The van der Waals surface area contributed by atoms with Crippen molar-refractivity contribution in [3.05, 3.63) is 45.1 Å². The minimum atomic E-state index is -0.374. The highest BCUT2D eigenvalue weighted by molar-refractivity contribution is 5.77. The van der Waals surface area contributed by atoms with E-state index in [0.29, 0.717) is 42.7 Å². The summed E-state index contributed by atoms with van der Waals surface area (Å²) in [6, 6.07) is 7.90. The maximum Gasteiger partial charge on any atom is 0.332 e. The van der Waals surface area contributed by atoms with Gasteiger partial charge in [-0.3, -0.25) is 13.9 Å². The van der Waals surface area contributed by atoms with Gasteiger partial charge < -0.3 is 14.2 Å². The summed E-state index contributed by atoms with van der Waals surface area (Å²) in [5, 5.41) is 0. The third-order valence-electron chi connectivity index (χ3n) is 5.21. The van der Waals surface area contributed by atoms with Gasteiger partial charge in [-0.25, -0.2) is 4.79 Å². The zero-order chi connectivity index (χ0) is 20.0. The van der Waals surface area contributed by atoms with Gasteiger partial charge in [-0.2, -0.15) is 4.98 Å². The number of aryl methyl sites for hydroxylation is 1. The Morgan fingerprint density at radius 3 is 2.68 bits per heavy atom. The van der Waals surface area contributed by atoms with Crippen LogP contribution in [0.15, 0.2) is 33.9 Å². The van der Waals surface area contributed by atoms with E-state index < -0.39 is 0 Å². The van der Waals surface area contributed by atoms with E-state index in [1.54, 1.807) is 7.05 Å². The standard InChI is InChI=1S/C20H25N5O3/c1-13(2)8-11-28-15-7-5-6-14(12-15)24-9-10-25-16-17(21-19(24)25)22(3)20(27)23(4)18(16)26/h5-7,12-13H,8-11H2,1-4H3. The minimum Gasteiger partial charge on any atom is -0.494 e. The van der Waals surface area contributed by atoms with E-state index in [1.807, 2.05) is 28.8 Å². The van der Waals surface area contributed by atoms with Gasteiger partial charge in [0.1, 0.15) is 5.75 Å². The molecular weight excluding hydrogens is 358 g/mol. The Hall–Kier alpha value is -3.03. The monoisotopic (exact) mass is 383 g/mol. The topological polar surface area (TPSA) is 74.3 Å². The van der Waals surface area contributed by atoms with E-state index in [-0.39, 0.29) is 11.2 Å².